The Morgan fingerprint density at radius 3 is 2.27 bits per heavy atom. The standard InChI is InChI=1S/C12H10N2O/c13-8-11(9-14)12(6-7-15)10-4-2-1-3-5-10/h1-5,7,11-12H,6H2/t12-/m0/s1. The van der Waals surface area contributed by atoms with Crippen molar-refractivity contribution in [2.75, 3.05) is 0 Å². The van der Waals surface area contributed by atoms with Crippen LogP contribution in [0.4, 0.5) is 0 Å². The van der Waals surface area contributed by atoms with Gasteiger partial charge in [-0.3, -0.25) is 0 Å². The molecule has 0 radical (unpaired) electrons. The van der Waals surface area contributed by atoms with Gasteiger partial charge in [0, 0.05) is 12.3 Å². The SMILES string of the molecule is N#CC(C#N)[C@@H](CC=O)c1ccccc1. The summed E-state index contributed by atoms with van der Waals surface area (Å²) in [5.74, 6) is -1.09. The van der Waals surface area contributed by atoms with E-state index in [9.17, 15) is 4.79 Å². The Bertz CT molecular complexity index is 386. The number of nitrogens with zero attached hydrogens (tertiary/aromatic N) is 2. The quantitative estimate of drug-likeness (QED) is 0.695. The van der Waals surface area contributed by atoms with Gasteiger partial charge in [0.05, 0.1) is 12.1 Å². The minimum absolute atomic E-state index is 0.204. The van der Waals surface area contributed by atoms with Crippen LogP contribution in [0.3, 0.4) is 0 Å². The molecule has 0 unspecified atom stereocenters. The predicted molar refractivity (Wildman–Crippen MR) is 54.6 cm³/mol. The fourth-order valence-corrected chi connectivity index (χ4v) is 1.48. The fourth-order valence-electron chi connectivity index (χ4n) is 1.48. The molecule has 0 amide bonds. The molecule has 74 valence electrons. The maximum Gasteiger partial charge on any atom is 0.140 e. The molecule has 0 aliphatic rings. The molecule has 0 N–H and O–H groups in total. The van der Waals surface area contributed by atoms with Crippen LogP contribution in [0.1, 0.15) is 17.9 Å². The van der Waals surface area contributed by atoms with E-state index in [1.54, 1.807) is 0 Å². The van der Waals surface area contributed by atoms with Gasteiger partial charge in [0.25, 0.3) is 0 Å². The summed E-state index contributed by atoms with van der Waals surface area (Å²) in [6.45, 7) is 0. The molecule has 0 spiro atoms. The Kier molecular flexibility index (Phi) is 4.06. The Labute approximate surface area is 88.6 Å². The predicted octanol–water partition coefficient (Wildman–Crippen LogP) is 2.02. The summed E-state index contributed by atoms with van der Waals surface area (Å²) in [5.41, 5.74) is 0.859. The third-order valence-electron chi connectivity index (χ3n) is 2.26. The van der Waals surface area contributed by atoms with Gasteiger partial charge in [-0.05, 0) is 5.56 Å². The average molecular weight is 198 g/mol. The first-order chi connectivity index (χ1) is 7.33. The van der Waals surface area contributed by atoms with Gasteiger partial charge in [-0.2, -0.15) is 10.5 Å². The number of aldehydes is 1. The van der Waals surface area contributed by atoms with Crippen LogP contribution in [-0.4, -0.2) is 6.29 Å². The third-order valence-corrected chi connectivity index (χ3v) is 2.26. The van der Waals surface area contributed by atoms with Gasteiger partial charge in [0.1, 0.15) is 12.2 Å². The van der Waals surface area contributed by atoms with Crippen LogP contribution in [-0.2, 0) is 4.79 Å². The normalized spacial score (nSPS) is 11.4. The molecule has 15 heavy (non-hydrogen) atoms. The summed E-state index contributed by atoms with van der Waals surface area (Å²) >= 11 is 0. The molecule has 0 aliphatic heterocycles. The van der Waals surface area contributed by atoms with Crippen molar-refractivity contribution in [3.63, 3.8) is 0 Å². The number of hydrogen-bond donors (Lipinski definition) is 0. The second-order valence-corrected chi connectivity index (χ2v) is 3.16. The number of benzene rings is 1. The lowest BCUT2D eigenvalue weighted by molar-refractivity contribution is -0.108. The molecule has 1 aromatic carbocycles. The van der Waals surface area contributed by atoms with Gasteiger partial charge in [0.15, 0.2) is 0 Å². The second-order valence-electron chi connectivity index (χ2n) is 3.16. The zero-order valence-electron chi connectivity index (χ0n) is 8.13. The molecule has 0 saturated carbocycles. The molecule has 0 bridgehead atoms. The lowest BCUT2D eigenvalue weighted by Crippen LogP contribution is -2.10. The summed E-state index contributed by atoms with van der Waals surface area (Å²) in [4.78, 5) is 10.5. The first kappa shape index (κ1) is 10.9. The maximum absolute atomic E-state index is 10.5. The van der Waals surface area contributed by atoms with Crippen LogP contribution in [0.2, 0.25) is 0 Å². The molecule has 0 heterocycles. The van der Waals surface area contributed by atoms with Crippen LogP contribution >= 0.6 is 0 Å². The molecule has 1 aromatic rings. The van der Waals surface area contributed by atoms with Gasteiger partial charge in [0.2, 0.25) is 0 Å². The van der Waals surface area contributed by atoms with Crippen molar-refractivity contribution >= 4 is 6.29 Å². The number of nitriles is 2. The van der Waals surface area contributed by atoms with Crippen molar-refractivity contribution < 1.29 is 4.79 Å². The lowest BCUT2D eigenvalue weighted by Gasteiger charge is -2.14. The summed E-state index contributed by atoms with van der Waals surface area (Å²) in [7, 11) is 0. The van der Waals surface area contributed by atoms with E-state index >= 15 is 0 Å². The molecule has 0 saturated heterocycles. The fraction of sp³-hybridized carbons (Fsp3) is 0.250. The number of hydrogen-bond acceptors (Lipinski definition) is 3. The molecule has 0 aromatic heterocycles. The third kappa shape index (κ3) is 2.65. The van der Waals surface area contributed by atoms with Crippen LogP contribution in [0.15, 0.2) is 30.3 Å². The Morgan fingerprint density at radius 1 is 1.20 bits per heavy atom. The minimum atomic E-state index is -0.766. The van der Waals surface area contributed by atoms with E-state index < -0.39 is 5.92 Å². The number of carbonyl (C=O) groups is 1. The first-order valence-corrected chi connectivity index (χ1v) is 4.61. The highest BCUT2D eigenvalue weighted by Crippen LogP contribution is 2.26. The van der Waals surface area contributed by atoms with E-state index in [0.717, 1.165) is 11.8 Å². The second kappa shape index (κ2) is 5.57. The zero-order chi connectivity index (χ0) is 11.1. The minimum Gasteiger partial charge on any atom is -0.303 e. The monoisotopic (exact) mass is 198 g/mol. The molecular weight excluding hydrogens is 188 g/mol. The van der Waals surface area contributed by atoms with Crippen LogP contribution in [0, 0.1) is 28.6 Å². The summed E-state index contributed by atoms with van der Waals surface area (Å²) in [5, 5.41) is 17.6. The molecule has 3 nitrogen and oxygen atoms in total. The van der Waals surface area contributed by atoms with E-state index in [1.165, 1.54) is 0 Å². The van der Waals surface area contributed by atoms with Crippen molar-refractivity contribution in [1.82, 2.24) is 0 Å². The molecule has 1 atom stereocenters. The Morgan fingerprint density at radius 2 is 1.80 bits per heavy atom. The van der Waals surface area contributed by atoms with Crippen LogP contribution in [0.25, 0.3) is 0 Å². The smallest absolute Gasteiger partial charge is 0.140 e. The highest BCUT2D eigenvalue weighted by Gasteiger charge is 2.22. The summed E-state index contributed by atoms with van der Waals surface area (Å²) < 4.78 is 0. The van der Waals surface area contributed by atoms with Gasteiger partial charge < -0.3 is 4.79 Å². The van der Waals surface area contributed by atoms with Gasteiger partial charge in [-0.25, -0.2) is 0 Å². The number of carbonyl (C=O) groups excluding carboxylic acids is 1. The van der Waals surface area contributed by atoms with Gasteiger partial charge >= 0.3 is 0 Å². The van der Waals surface area contributed by atoms with E-state index in [2.05, 4.69) is 0 Å². The Hall–Kier alpha value is -2.13. The van der Waals surface area contributed by atoms with Gasteiger partial charge in [-0.1, -0.05) is 30.3 Å². The van der Waals surface area contributed by atoms with E-state index in [4.69, 9.17) is 10.5 Å². The number of rotatable bonds is 4. The van der Waals surface area contributed by atoms with Crippen molar-refractivity contribution in [2.24, 2.45) is 5.92 Å². The molecule has 0 fully saturated rings. The highest BCUT2D eigenvalue weighted by atomic mass is 16.1. The largest absolute Gasteiger partial charge is 0.303 e. The lowest BCUT2D eigenvalue weighted by atomic mass is 9.86. The van der Waals surface area contributed by atoms with Crippen molar-refractivity contribution in [3.8, 4) is 12.1 Å². The van der Waals surface area contributed by atoms with Crippen LogP contribution < -0.4 is 0 Å². The van der Waals surface area contributed by atoms with E-state index in [1.807, 2.05) is 42.5 Å². The molecular formula is C12H10N2O. The molecule has 1 rings (SSSR count). The molecule has 0 aliphatic carbocycles. The average Bonchev–Trinajstić information content (AvgIpc) is 2.30. The van der Waals surface area contributed by atoms with E-state index in [0.29, 0.717) is 0 Å². The maximum atomic E-state index is 10.5. The summed E-state index contributed by atoms with van der Waals surface area (Å²) in [6.07, 6.45) is 0.954. The summed E-state index contributed by atoms with van der Waals surface area (Å²) in [6, 6.07) is 13.0. The first-order valence-electron chi connectivity index (χ1n) is 4.61. The molecule has 3 heteroatoms. The van der Waals surface area contributed by atoms with Crippen molar-refractivity contribution in [1.29, 1.82) is 10.5 Å². The Balaban J connectivity index is 2.99. The van der Waals surface area contributed by atoms with Crippen molar-refractivity contribution in [2.45, 2.75) is 12.3 Å². The topological polar surface area (TPSA) is 64.7 Å². The van der Waals surface area contributed by atoms with Gasteiger partial charge in [-0.15, -0.1) is 0 Å². The van der Waals surface area contributed by atoms with E-state index in [-0.39, 0.29) is 12.3 Å². The highest BCUT2D eigenvalue weighted by molar-refractivity contribution is 5.52. The van der Waals surface area contributed by atoms with Crippen LogP contribution in [0.5, 0.6) is 0 Å². The van der Waals surface area contributed by atoms with Crippen molar-refractivity contribution in [3.05, 3.63) is 35.9 Å². The zero-order valence-corrected chi connectivity index (χ0v) is 8.13.